The van der Waals surface area contributed by atoms with E-state index in [0.717, 1.165) is 38.2 Å². The summed E-state index contributed by atoms with van der Waals surface area (Å²) in [6.07, 6.45) is 4.90. The largest absolute Gasteiger partial charge is 0.352 e. The summed E-state index contributed by atoms with van der Waals surface area (Å²) in [5, 5.41) is 4.03. The zero-order valence-corrected chi connectivity index (χ0v) is 19.1. The van der Waals surface area contributed by atoms with E-state index in [0.29, 0.717) is 18.2 Å². The highest BCUT2D eigenvalue weighted by atomic mass is 79.9. The number of rotatable bonds is 6. The van der Waals surface area contributed by atoms with Crippen LogP contribution in [0.25, 0.3) is 21.5 Å². The van der Waals surface area contributed by atoms with Crippen LogP contribution in [0.15, 0.2) is 46.3 Å². The van der Waals surface area contributed by atoms with E-state index in [9.17, 15) is 4.79 Å². The Labute approximate surface area is 184 Å². The van der Waals surface area contributed by atoms with Gasteiger partial charge >= 0.3 is 0 Å². The third-order valence-corrected chi connectivity index (χ3v) is 7.28. The fourth-order valence-corrected chi connectivity index (χ4v) is 5.36. The molecule has 0 saturated carbocycles. The molecule has 0 aliphatic carbocycles. The SMILES string of the molecule is CC1CCCCN1CCCNC(=O)c1cc(-c2ccc(Br)s2)nc2ccccc12. The molecule has 3 heterocycles. The standard InChI is InChI=1S/C23H26BrN3OS/c1-16-7-4-5-13-27(16)14-6-12-25-23(28)18-15-20(21-10-11-22(24)29-21)26-19-9-3-2-8-17(18)19/h2-3,8-11,15-16H,4-7,12-14H2,1H3,(H,25,28). The number of aromatic nitrogens is 1. The molecule has 0 radical (unpaired) electrons. The Morgan fingerprint density at radius 3 is 2.93 bits per heavy atom. The normalized spacial score (nSPS) is 17.5. The number of pyridine rings is 1. The molecular formula is C23H26BrN3OS. The molecular weight excluding hydrogens is 446 g/mol. The molecule has 6 heteroatoms. The maximum Gasteiger partial charge on any atom is 0.252 e. The fraction of sp³-hybridized carbons (Fsp3) is 0.391. The second-order valence-electron chi connectivity index (χ2n) is 7.67. The predicted molar refractivity (Wildman–Crippen MR) is 125 cm³/mol. The maximum absolute atomic E-state index is 13.0. The first-order valence-electron chi connectivity index (χ1n) is 10.3. The third kappa shape index (κ3) is 4.87. The first-order chi connectivity index (χ1) is 14.1. The van der Waals surface area contributed by atoms with Crippen molar-refractivity contribution in [2.75, 3.05) is 19.6 Å². The average Bonchev–Trinajstić information content (AvgIpc) is 3.18. The van der Waals surface area contributed by atoms with Crippen LogP contribution in [0.5, 0.6) is 0 Å². The highest BCUT2D eigenvalue weighted by Crippen LogP contribution is 2.32. The summed E-state index contributed by atoms with van der Waals surface area (Å²) in [6, 6.07) is 14.5. The summed E-state index contributed by atoms with van der Waals surface area (Å²) in [4.78, 5) is 21.4. The molecule has 3 aromatic rings. The summed E-state index contributed by atoms with van der Waals surface area (Å²) < 4.78 is 1.06. The van der Waals surface area contributed by atoms with Crippen LogP contribution in [-0.2, 0) is 0 Å². The van der Waals surface area contributed by atoms with Crippen molar-refractivity contribution < 1.29 is 4.79 Å². The van der Waals surface area contributed by atoms with Crippen molar-refractivity contribution in [3.63, 3.8) is 0 Å². The zero-order chi connectivity index (χ0) is 20.2. The number of piperidine rings is 1. The molecule has 1 saturated heterocycles. The number of carbonyl (C=O) groups is 1. The molecule has 1 amide bonds. The van der Waals surface area contributed by atoms with Crippen LogP contribution >= 0.6 is 27.3 Å². The van der Waals surface area contributed by atoms with E-state index in [2.05, 4.69) is 33.1 Å². The van der Waals surface area contributed by atoms with Gasteiger partial charge < -0.3 is 10.2 Å². The van der Waals surface area contributed by atoms with Crippen LogP contribution < -0.4 is 5.32 Å². The van der Waals surface area contributed by atoms with E-state index >= 15 is 0 Å². The first kappa shape index (κ1) is 20.5. The van der Waals surface area contributed by atoms with Gasteiger partial charge in [0.25, 0.3) is 5.91 Å². The highest BCUT2D eigenvalue weighted by Gasteiger charge is 2.18. The first-order valence-corrected chi connectivity index (χ1v) is 11.9. The van der Waals surface area contributed by atoms with Crippen LogP contribution in [0.4, 0.5) is 0 Å². The molecule has 152 valence electrons. The minimum Gasteiger partial charge on any atom is -0.352 e. The van der Waals surface area contributed by atoms with Crippen molar-refractivity contribution in [1.29, 1.82) is 0 Å². The average molecular weight is 472 g/mol. The van der Waals surface area contributed by atoms with Crippen LogP contribution in [0.2, 0.25) is 0 Å². The van der Waals surface area contributed by atoms with Gasteiger partial charge in [0.1, 0.15) is 0 Å². The number of carbonyl (C=O) groups excluding carboxylic acids is 1. The molecule has 1 aliphatic rings. The molecule has 1 atom stereocenters. The Morgan fingerprint density at radius 2 is 2.14 bits per heavy atom. The van der Waals surface area contributed by atoms with Crippen molar-refractivity contribution in [1.82, 2.24) is 15.2 Å². The van der Waals surface area contributed by atoms with E-state index in [-0.39, 0.29) is 5.91 Å². The number of nitrogens with zero attached hydrogens (tertiary/aromatic N) is 2. The molecule has 1 unspecified atom stereocenters. The van der Waals surface area contributed by atoms with Gasteiger partial charge in [-0.05, 0) is 72.9 Å². The lowest BCUT2D eigenvalue weighted by Crippen LogP contribution is -2.39. The topological polar surface area (TPSA) is 45.2 Å². The Kier molecular flexibility index (Phi) is 6.63. The molecule has 1 fully saturated rings. The Hall–Kier alpha value is -1.76. The number of hydrogen-bond acceptors (Lipinski definition) is 4. The minimum atomic E-state index is -0.0211. The Balaban J connectivity index is 1.47. The van der Waals surface area contributed by atoms with Gasteiger partial charge in [-0.2, -0.15) is 0 Å². The number of halogens is 1. The smallest absolute Gasteiger partial charge is 0.252 e. The van der Waals surface area contributed by atoms with E-state index < -0.39 is 0 Å². The maximum atomic E-state index is 13.0. The van der Waals surface area contributed by atoms with Gasteiger partial charge in [0.2, 0.25) is 0 Å². The lowest BCUT2D eigenvalue weighted by molar-refractivity contribution is 0.0950. The van der Waals surface area contributed by atoms with Crippen molar-refractivity contribution in [2.24, 2.45) is 0 Å². The van der Waals surface area contributed by atoms with Crippen molar-refractivity contribution in [2.45, 2.75) is 38.6 Å². The van der Waals surface area contributed by atoms with Crippen LogP contribution in [0.3, 0.4) is 0 Å². The van der Waals surface area contributed by atoms with Crippen LogP contribution in [0, 0.1) is 0 Å². The molecule has 2 aromatic heterocycles. The number of benzene rings is 1. The summed E-state index contributed by atoms with van der Waals surface area (Å²) in [6.45, 7) is 5.24. The lowest BCUT2D eigenvalue weighted by atomic mass is 10.0. The van der Waals surface area contributed by atoms with Gasteiger partial charge in [0.05, 0.1) is 25.4 Å². The lowest BCUT2D eigenvalue weighted by Gasteiger charge is -2.33. The Bertz CT molecular complexity index is 1000. The van der Waals surface area contributed by atoms with Gasteiger partial charge in [0, 0.05) is 24.5 Å². The zero-order valence-electron chi connectivity index (χ0n) is 16.7. The molecule has 29 heavy (non-hydrogen) atoms. The van der Waals surface area contributed by atoms with Gasteiger partial charge in [-0.1, -0.05) is 24.6 Å². The second kappa shape index (κ2) is 9.37. The molecule has 1 aliphatic heterocycles. The molecule has 4 nitrogen and oxygen atoms in total. The van der Waals surface area contributed by atoms with Gasteiger partial charge in [-0.3, -0.25) is 4.79 Å². The van der Waals surface area contributed by atoms with Crippen molar-refractivity contribution >= 4 is 44.1 Å². The number of para-hydroxylation sites is 1. The van der Waals surface area contributed by atoms with E-state index in [1.165, 1.54) is 25.8 Å². The van der Waals surface area contributed by atoms with Crippen LogP contribution in [0.1, 0.15) is 43.0 Å². The van der Waals surface area contributed by atoms with Gasteiger partial charge in [0.15, 0.2) is 0 Å². The predicted octanol–water partition coefficient (Wildman–Crippen LogP) is 5.72. The van der Waals surface area contributed by atoms with E-state index in [1.807, 2.05) is 42.5 Å². The number of fused-ring (bicyclic) bond motifs is 1. The van der Waals surface area contributed by atoms with E-state index in [1.54, 1.807) is 11.3 Å². The molecule has 1 N–H and O–H groups in total. The second-order valence-corrected chi connectivity index (χ2v) is 10.1. The summed E-state index contributed by atoms with van der Waals surface area (Å²) in [5.41, 5.74) is 2.38. The molecule has 0 spiro atoms. The number of likely N-dealkylation sites (tertiary alicyclic amines) is 1. The summed E-state index contributed by atoms with van der Waals surface area (Å²) in [7, 11) is 0. The summed E-state index contributed by atoms with van der Waals surface area (Å²) >= 11 is 5.14. The van der Waals surface area contributed by atoms with Gasteiger partial charge in [-0.25, -0.2) is 4.98 Å². The minimum absolute atomic E-state index is 0.0211. The quantitative estimate of drug-likeness (QED) is 0.467. The van der Waals surface area contributed by atoms with Crippen LogP contribution in [-0.4, -0.2) is 41.5 Å². The van der Waals surface area contributed by atoms with E-state index in [4.69, 9.17) is 4.98 Å². The Morgan fingerprint density at radius 1 is 1.28 bits per heavy atom. The number of nitrogens with one attached hydrogen (secondary N) is 1. The molecule has 4 rings (SSSR count). The van der Waals surface area contributed by atoms with Gasteiger partial charge in [-0.15, -0.1) is 11.3 Å². The number of hydrogen-bond donors (Lipinski definition) is 1. The number of amides is 1. The number of thiophene rings is 1. The monoisotopic (exact) mass is 471 g/mol. The van der Waals surface area contributed by atoms with Crippen molar-refractivity contribution in [3.05, 3.63) is 51.8 Å². The molecule has 0 bridgehead atoms. The third-order valence-electron chi connectivity index (χ3n) is 5.63. The summed E-state index contributed by atoms with van der Waals surface area (Å²) in [5.74, 6) is -0.0211. The highest BCUT2D eigenvalue weighted by molar-refractivity contribution is 9.11. The fourth-order valence-electron chi connectivity index (χ4n) is 4.01. The van der Waals surface area contributed by atoms with Crippen molar-refractivity contribution in [3.8, 4) is 10.6 Å². The molecule has 1 aromatic carbocycles.